The molecule has 1 fully saturated rings. The van der Waals surface area contributed by atoms with Gasteiger partial charge >= 0.3 is 5.97 Å². The molecule has 0 saturated heterocycles. The third-order valence-corrected chi connectivity index (χ3v) is 3.69. The summed E-state index contributed by atoms with van der Waals surface area (Å²) >= 11 is 0. The molecule has 16 heavy (non-hydrogen) atoms. The fourth-order valence-electron chi connectivity index (χ4n) is 2.56. The Morgan fingerprint density at radius 1 is 1.31 bits per heavy atom. The molecule has 0 amide bonds. The minimum Gasteiger partial charge on any atom is -0.468 e. The van der Waals surface area contributed by atoms with Crippen LogP contribution < -0.4 is 0 Å². The average molecular weight is 218 g/mol. The quantitative estimate of drug-likeness (QED) is 0.713. The Hall–Kier alpha value is -1.31. The number of ether oxygens (including phenoxy) is 1. The predicted octanol–water partition coefficient (Wildman–Crippen LogP) is 2.90. The molecule has 0 radical (unpaired) electrons. The normalized spacial score (nSPS) is 17.7. The number of esters is 1. The maximum atomic E-state index is 12.0. The maximum Gasteiger partial charge on any atom is 0.316 e. The molecule has 0 N–H and O–H groups in total. The van der Waals surface area contributed by atoms with E-state index in [2.05, 4.69) is 32.0 Å². The number of carbonyl (C=O) groups is 1. The summed E-state index contributed by atoms with van der Waals surface area (Å²) in [5, 5.41) is 0. The van der Waals surface area contributed by atoms with Gasteiger partial charge < -0.3 is 4.74 Å². The summed E-state index contributed by atoms with van der Waals surface area (Å²) in [5.74, 6) is -0.0764. The summed E-state index contributed by atoms with van der Waals surface area (Å²) in [6.07, 6.45) is 2.95. The van der Waals surface area contributed by atoms with Crippen LogP contribution in [0.2, 0.25) is 0 Å². The molecule has 0 bridgehead atoms. The van der Waals surface area contributed by atoms with Gasteiger partial charge in [0.2, 0.25) is 0 Å². The summed E-state index contributed by atoms with van der Waals surface area (Å²) in [6, 6.07) is 6.31. The van der Waals surface area contributed by atoms with E-state index in [1.54, 1.807) is 0 Å². The number of hydrogen-bond acceptors (Lipinski definition) is 2. The lowest BCUT2D eigenvalue weighted by atomic mass is 9.63. The van der Waals surface area contributed by atoms with Crippen molar-refractivity contribution in [2.24, 2.45) is 0 Å². The highest BCUT2D eigenvalue weighted by molar-refractivity contribution is 5.84. The first kappa shape index (κ1) is 11.2. The molecular weight excluding hydrogens is 200 g/mol. The Balaban J connectivity index is 2.48. The molecule has 0 unspecified atom stereocenters. The maximum absolute atomic E-state index is 12.0. The molecular formula is C14H18O2. The van der Waals surface area contributed by atoms with Crippen LogP contribution in [0.1, 0.15) is 36.0 Å². The standard InChI is InChI=1S/C14H18O2/c1-10-5-6-11(2)12(9-10)14(7-4-8-14)13(15)16-3/h5-6,9H,4,7-8H2,1-3H3. The third kappa shape index (κ3) is 1.53. The van der Waals surface area contributed by atoms with E-state index in [4.69, 9.17) is 4.74 Å². The first-order valence-electron chi connectivity index (χ1n) is 5.76. The van der Waals surface area contributed by atoms with E-state index in [9.17, 15) is 4.79 Å². The van der Waals surface area contributed by atoms with Crippen molar-refractivity contribution in [2.75, 3.05) is 7.11 Å². The molecule has 1 saturated carbocycles. The molecule has 0 spiro atoms. The number of aryl methyl sites for hydroxylation is 2. The van der Waals surface area contributed by atoms with Crippen molar-refractivity contribution in [1.29, 1.82) is 0 Å². The van der Waals surface area contributed by atoms with Gasteiger partial charge in [0.25, 0.3) is 0 Å². The van der Waals surface area contributed by atoms with Crippen LogP contribution in [-0.2, 0) is 14.9 Å². The number of benzene rings is 1. The van der Waals surface area contributed by atoms with E-state index >= 15 is 0 Å². The molecule has 2 rings (SSSR count). The van der Waals surface area contributed by atoms with Gasteiger partial charge in [-0.05, 0) is 37.8 Å². The Morgan fingerprint density at radius 2 is 2.00 bits per heavy atom. The van der Waals surface area contributed by atoms with E-state index in [1.165, 1.54) is 18.2 Å². The summed E-state index contributed by atoms with van der Waals surface area (Å²) in [6.45, 7) is 4.13. The molecule has 0 atom stereocenters. The van der Waals surface area contributed by atoms with Crippen molar-refractivity contribution < 1.29 is 9.53 Å². The van der Waals surface area contributed by atoms with Crippen molar-refractivity contribution in [2.45, 2.75) is 38.5 Å². The molecule has 0 heterocycles. The zero-order valence-corrected chi connectivity index (χ0v) is 10.2. The van der Waals surface area contributed by atoms with Gasteiger partial charge in [0.15, 0.2) is 0 Å². The van der Waals surface area contributed by atoms with Crippen LogP contribution in [-0.4, -0.2) is 13.1 Å². The number of carbonyl (C=O) groups excluding carboxylic acids is 1. The average Bonchev–Trinajstić information content (AvgIpc) is 2.21. The van der Waals surface area contributed by atoms with Gasteiger partial charge in [0.05, 0.1) is 12.5 Å². The second-order valence-electron chi connectivity index (χ2n) is 4.75. The van der Waals surface area contributed by atoms with Crippen molar-refractivity contribution in [3.05, 3.63) is 34.9 Å². The van der Waals surface area contributed by atoms with E-state index < -0.39 is 0 Å². The van der Waals surface area contributed by atoms with Gasteiger partial charge in [-0.1, -0.05) is 30.2 Å². The van der Waals surface area contributed by atoms with Crippen LogP contribution in [0.3, 0.4) is 0 Å². The predicted molar refractivity (Wildman–Crippen MR) is 63.5 cm³/mol. The molecule has 2 heteroatoms. The first-order chi connectivity index (χ1) is 7.60. The number of methoxy groups -OCH3 is 1. The monoisotopic (exact) mass is 218 g/mol. The Labute approximate surface area is 96.6 Å². The number of rotatable bonds is 2. The lowest BCUT2D eigenvalue weighted by Crippen LogP contribution is -2.43. The largest absolute Gasteiger partial charge is 0.468 e. The van der Waals surface area contributed by atoms with Crippen molar-refractivity contribution >= 4 is 5.97 Å². The minimum atomic E-state index is -0.356. The van der Waals surface area contributed by atoms with Gasteiger partial charge in [0, 0.05) is 0 Å². The smallest absolute Gasteiger partial charge is 0.316 e. The van der Waals surface area contributed by atoms with E-state index in [1.807, 2.05) is 0 Å². The van der Waals surface area contributed by atoms with Gasteiger partial charge in [-0.15, -0.1) is 0 Å². The van der Waals surface area contributed by atoms with Gasteiger partial charge in [0.1, 0.15) is 0 Å². The second-order valence-corrected chi connectivity index (χ2v) is 4.75. The van der Waals surface area contributed by atoms with Gasteiger partial charge in [-0.3, -0.25) is 4.79 Å². The Morgan fingerprint density at radius 3 is 2.50 bits per heavy atom. The van der Waals surface area contributed by atoms with E-state index in [0.29, 0.717) is 0 Å². The topological polar surface area (TPSA) is 26.3 Å². The summed E-state index contributed by atoms with van der Waals surface area (Å²) < 4.78 is 4.97. The molecule has 86 valence electrons. The van der Waals surface area contributed by atoms with E-state index in [0.717, 1.165) is 24.8 Å². The molecule has 1 aromatic carbocycles. The highest BCUT2D eigenvalue weighted by Crippen LogP contribution is 2.46. The zero-order valence-electron chi connectivity index (χ0n) is 10.2. The van der Waals surface area contributed by atoms with Crippen molar-refractivity contribution in [1.82, 2.24) is 0 Å². The fourth-order valence-corrected chi connectivity index (χ4v) is 2.56. The molecule has 0 aliphatic heterocycles. The van der Waals surface area contributed by atoms with Crippen LogP contribution in [0.4, 0.5) is 0 Å². The van der Waals surface area contributed by atoms with Crippen LogP contribution in [0, 0.1) is 13.8 Å². The molecule has 1 aliphatic carbocycles. The minimum absolute atomic E-state index is 0.0764. The van der Waals surface area contributed by atoms with Gasteiger partial charge in [-0.2, -0.15) is 0 Å². The lowest BCUT2D eigenvalue weighted by Gasteiger charge is -2.40. The number of hydrogen-bond donors (Lipinski definition) is 0. The summed E-state index contributed by atoms with van der Waals surface area (Å²) in [7, 11) is 1.48. The van der Waals surface area contributed by atoms with Gasteiger partial charge in [-0.25, -0.2) is 0 Å². The van der Waals surface area contributed by atoms with Crippen LogP contribution >= 0.6 is 0 Å². The summed E-state index contributed by atoms with van der Waals surface area (Å²) in [5.41, 5.74) is 3.20. The zero-order chi connectivity index (χ0) is 11.8. The van der Waals surface area contributed by atoms with E-state index in [-0.39, 0.29) is 11.4 Å². The molecule has 1 aromatic rings. The van der Waals surface area contributed by atoms with Crippen LogP contribution in [0.5, 0.6) is 0 Å². The highest BCUT2D eigenvalue weighted by Gasteiger charge is 2.47. The first-order valence-corrected chi connectivity index (χ1v) is 5.76. The lowest BCUT2D eigenvalue weighted by molar-refractivity contribution is -0.151. The van der Waals surface area contributed by atoms with Crippen molar-refractivity contribution in [3.8, 4) is 0 Å². The molecule has 1 aliphatic rings. The Bertz CT molecular complexity index is 417. The third-order valence-electron chi connectivity index (χ3n) is 3.69. The fraction of sp³-hybridized carbons (Fsp3) is 0.500. The second kappa shape index (κ2) is 3.93. The highest BCUT2D eigenvalue weighted by atomic mass is 16.5. The van der Waals surface area contributed by atoms with Crippen molar-refractivity contribution in [3.63, 3.8) is 0 Å². The van der Waals surface area contributed by atoms with Crippen LogP contribution in [0.25, 0.3) is 0 Å². The van der Waals surface area contributed by atoms with Crippen LogP contribution in [0.15, 0.2) is 18.2 Å². The molecule has 2 nitrogen and oxygen atoms in total. The SMILES string of the molecule is COC(=O)C1(c2cc(C)ccc2C)CCC1. The Kier molecular flexibility index (Phi) is 2.75. The molecule has 0 aromatic heterocycles. The summed E-state index contributed by atoms with van der Waals surface area (Å²) in [4.78, 5) is 12.0.